The van der Waals surface area contributed by atoms with Crippen molar-refractivity contribution in [3.05, 3.63) is 54.1 Å². The fourth-order valence-corrected chi connectivity index (χ4v) is 3.11. The Morgan fingerprint density at radius 3 is 2.48 bits per heavy atom. The van der Waals surface area contributed by atoms with E-state index in [9.17, 15) is 4.79 Å². The summed E-state index contributed by atoms with van der Waals surface area (Å²) >= 11 is 1.67. The lowest BCUT2D eigenvalue weighted by Gasteiger charge is -2.13. The Labute approximate surface area is 142 Å². The van der Waals surface area contributed by atoms with Crippen LogP contribution in [0.3, 0.4) is 0 Å². The fraction of sp³-hybridized carbons (Fsp3) is 0.316. The molecule has 0 saturated carbocycles. The van der Waals surface area contributed by atoms with E-state index in [0.717, 1.165) is 22.1 Å². The maximum Gasteiger partial charge on any atom is 0.225 e. The molecule has 0 saturated heterocycles. The maximum absolute atomic E-state index is 12.1. The van der Waals surface area contributed by atoms with Gasteiger partial charge in [-0.1, -0.05) is 32.0 Å². The van der Waals surface area contributed by atoms with Gasteiger partial charge in [-0.25, -0.2) is 0 Å². The zero-order chi connectivity index (χ0) is 16.7. The van der Waals surface area contributed by atoms with Crippen molar-refractivity contribution in [1.82, 2.24) is 0 Å². The van der Waals surface area contributed by atoms with E-state index in [-0.39, 0.29) is 5.91 Å². The van der Waals surface area contributed by atoms with Crippen LogP contribution in [-0.4, -0.2) is 18.8 Å². The first-order valence-electron chi connectivity index (χ1n) is 7.75. The third kappa shape index (κ3) is 5.32. The molecule has 0 fully saturated rings. The average Bonchev–Trinajstić information content (AvgIpc) is 2.56. The molecule has 0 aliphatic carbocycles. The van der Waals surface area contributed by atoms with Crippen molar-refractivity contribution in [2.45, 2.75) is 31.1 Å². The molecule has 2 aromatic carbocycles. The summed E-state index contributed by atoms with van der Waals surface area (Å²) in [5.74, 6) is 2.04. The standard InChI is InChI=1S/C19H23NO2S/c1-14(2)17-6-4-5-7-18(17)20-19(21)12-13-23-16-10-8-15(22-3)9-11-16/h4-11,14H,12-13H2,1-3H3,(H,20,21). The van der Waals surface area contributed by atoms with E-state index in [1.807, 2.05) is 42.5 Å². The summed E-state index contributed by atoms with van der Waals surface area (Å²) in [5.41, 5.74) is 2.09. The topological polar surface area (TPSA) is 38.3 Å². The number of anilines is 1. The van der Waals surface area contributed by atoms with Crippen molar-refractivity contribution in [1.29, 1.82) is 0 Å². The second kappa shape index (κ2) is 8.63. The molecule has 0 spiro atoms. The van der Waals surface area contributed by atoms with Gasteiger partial charge in [0.1, 0.15) is 5.75 Å². The van der Waals surface area contributed by atoms with Gasteiger partial charge in [0.25, 0.3) is 0 Å². The van der Waals surface area contributed by atoms with Crippen molar-refractivity contribution in [2.24, 2.45) is 0 Å². The Morgan fingerprint density at radius 2 is 1.83 bits per heavy atom. The van der Waals surface area contributed by atoms with Crippen LogP contribution in [0.4, 0.5) is 5.69 Å². The van der Waals surface area contributed by atoms with Crippen molar-refractivity contribution in [3.8, 4) is 5.75 Å². The second-order valence-electron chi connectivity index (χ2n) is 5.56. The number of thioether (sulfide) groups is 1. The Morgan fingerprint density at radius 1 is 1.13 bits per heavy atom. The number of ether oxygens (including phenoxy) is 1. The predicted molar refractivity (Wildman–Crippen MR) is 97.5 cm³/mol. The number of methoxy groups -OCH3 is 1. The van der Waals surface area contributed by atoms with Crippen LogP contribution in [-0.2, 0) is 4.79 Å². The van der Waals surface area contributed by atoms with E-state index in [1.54, 1.807) is 18.9 Å². The molecule has 3 nitrogen and oxygen atoms in total. The molecule has 1 N–H and O–H groups in total. The first-order chi connectivity index (χ1) is 11.1. The monoisotopic (exact) mass is 329 g/mol. The van der Waals surface area contributed by atoms with Crippen molar-refractivity contribution >= 4 is 23.4 Å². The van der Waals surface area contributed by atoms with Crippen LogP contribution >= 0.6 is 11.8 Å². The predicted octanol–water partition coefficient (Wildman–Crippen LogP) is 4.94. The third-order valence-electron chi connectivity index (χ3n) is 3.51. The van der Waals surface area contributed by atoms with Crippen molar-refractivity contribution < 1.29 is 9.53 Å². The molecule has 2 rings (SSSR count). The van der Waals surface area contributed by atoms with Gasteiger partial charge in [-0.05, 0) is 41.8 Å². The zero-order valence-electron chi connectivity index (χ0n) is 13.8. The molecule has 0 aliphatic rings. The highest BCUT2D eigenvalue weighted by Gasteiger charge is 2.09. The summed E-state index contributed by atoms with van der Waals surface area (Å²) in [6.45, 7) is 4.26. The fourth-order valence-electron chi connectivity index (χ4n) is 2.26. The molecule has 0 atom stereocenters. The van der Waals surface area contributed by atoms with E-state index in [1.165, 1.54) is 5.56 Å². The van der Waals surface area contributed by atoms with Gasteiger partial charge in [-0.2, -0.15) is 0 Å². The Bertz CT molecular complexity index is 638. The number of rotatable bonds is 7. The van der Waals surface area contributed by atoms with Crippen LogP contribution in [0.5, 0.6) is 5.75 Å². The van der Waals surface area contributed by atoms with Crippen molar-refractivity contribution in [3.63, 3.8) is 0 Å². The first-order valence-corrected chi connectivity index (χ1v) is 8.74. The van der Waals surface area contributed by atoms with Gasteiger partial charge in [0.05, 0.1) is 7.11 Å². The molecule has 23 heavy (non-hydrogen) atoms. The minimum atomic E-state index is 0.0547. The molecular weight excluding hydrogens is 306 g/mol. The van der Waals surface area contributed by atoms with Crippen LogP contribution in [0.15, 0.2) is 53.4 Å². The molecule has 0 heterocycles. The van der Waals surface area contributed by atoms with Crippen LogP contribution in [0, 0.1) is 0 Å². The SMILES string of the molecule is COc1ccc(SCCC(=O)Nc2ccccc2C(C)C)cc1. The number of hydrogen-bond acceptors (Lipinski definition) is 3. The molecule has 0 aromatic heterocycles. The van der Waals surface area contributed by atoms with Gasteiger partial charge in [0, 0.05) is 22.8 Å². The van der Waals surface area contributed by atoms with E-state index < -0.39 is 0 Å². The number of para-hydroxylation sites is 1. The molecule has 0 unspecified atom stereocenters. The first kappa shape index (κ1) is 17.4. The zero-order valence-corrected chi connectivity index (χ0v) is 14.7. The lowest BCUT2D eigenvalue weighted by Crippen LogP contribution is -2.13. The quantitative estimate of drug-likeness (QED) is 0.731. The highest BCUT2D eigenvalue weighted by Crippen LogP contribution is 2.25. The number of nitrogens with one attached hydrogen (secondary N) is 1. The molecule has 0 aliphatic heterocycles. The van der Waals surface area contributed by atoms with Crippen LogP contribution in [0.2, 0.25) is 0 Å². The highest BCUT2D eigenvalue weighted by molar-refractivity contribution is 7.99. The molecule has 0 radical (unpaired) electrons. The number of benzene rings is 2. The Hall–Kier alpha value is -1.94. The highest BCUT2D eigenvalue weighted by atomic mass is 32.2. The van der Waals surface area contributed by atoms with Gasteiger partial charge >= 0.3 is 0 Å². The summed E-state index contributed by atoms with van der Waals surface area (Å²) in [7, 11) is 1.65. The summed E-state index contributed by atoms with van der Waals surface area (Å²) < 4.78 is 5.14. The third-order valence-corrected chi connectivity index (χ3v) is 4.53. The number of carbonyl (C=O) groups is 1. The largest absolute Gasteiger partial charge is 0.497 e. The van der Waals surface area contributed by atoms with Crippen molar-refractivity contribution in [2.75, 3.05) is 18.2 Å². The summed E-state index contributed by atoms with van der Waals surface area (Å²) in [5, 5.41) is 3.02. The molecule has 2 aromatic rings. The molecule has 0 bridgehead atoms. The lowest BCUT2D eigenvalue weighted by molar-refractivity contribution is -0.115. The van der Waals surface area contributed by atoms with Gasteiger partial charge < -0.3 is 10.1 Å². The van der Waals surface area contributed by atoms with E-state index in [4.69, 9.17) is 4.74 Å². The Balaban J connectivity index is 1.83. The number of carbonyl (C=O) groups excluding carboxylic acids is 1. The second-order valence-corrected chi connectivity index (χ2v) is 6.73. The van der Waals surface area contributed by atoms with E-state index >= 15 is 0 Å². The normalized spacial score (nSPS) is 10.6. The molecule has 4 heteroatoms. The average molecular weight is 329 g/mol. The smallest absolute Gasteiger partial charge is 0.225 e. The van der Waals surface area contributed by atoms with Gasteiger partial charge in [0.15, 0.2) is 0 Å². The molecule has 122 valence electrons. The van der Waals surface area contributed by atoms with Gasteiger partial charge in [0.2, 0.25) is 5.91 Å². The minimum Gasteiger partial charge on any atom is -0.497 e. The molecular formula is C19H23NO2S. The Kier molecular flexibility index (Phi) is 6.53. The summed E-state index contributed by atoms with van der Waals surface area (Å²) in [6.07, 6.45) is 0.489. The van der Waals surface area contributed by atoms with E-state index in [0.29, 0.717) is 12.3 Å². The van der Waals surface area contributed by atoms with Gasteiger partial charge in [-0.3, -0.25) is 4.79 Å². The van der Waals surface area contributed by atoms with Gasteiger partial charge in [-0.15, -0.1) is 11.8 Å². The van der Waals surface area contributed by atoms with Crippen LogP contribution < -0.4 is 10.1 Å². The summed E-state index contributed by atoms with van der Waals surface area (Å²) in [4.78, 5) is 13.3. The summed E-state index contributed by atoms with van der Waals surface area (Å²) in [6, 6.07) is 15.9. The molecule has 1 amide bonds. The number of amides is 1. The van der Waals surface area contributed by atoms with E-state index in [2.05, 4.69) is 25.2 Å². The lowest BCUT2D eigenvalue weighted by atomic mass is 10.0. The van der Waals surface area contributed by atoms with Crippen LogP contribution in [0.1, 0.15) is 31.7 Å². The van der Waals surface area contributed by atoms with Crippen LogP contribution in [0.25, 0.3) is 0 Å². The number of hydrogen-bond donors (Lipinski definition) is 1. The minimum absolute atomic E-state index is 0.0547. The maximum atomic E-state index is 12.1.